The summed E-state index contributed by atoms with van der Waals surface area (Å²) in [4.78, 5) is 11.3. The number of benzene rings is 1. The SMILES string of the molecule is COC(=O)[C@@H]1CC[C@@H](c2ccccc2O)CN1. The second-order valence-corrected chi connectivity index (χ2v) is 4.32. The van der Waals surface area contributed by atoms with Crippen molar-refractivity contribution >= 4 is 5.97 Å². The molecular formula is C13H17NO3. The van der Waals surface area contributed by atoms with Crippen LogP contribution in [0.1, 0.15) is 24.3 Å². The number of nitrogens with one attached hydrogen (secondary N) is 1. The molecule has 2 N–H and O–H groups in total. The molecule has 0 spiro atoms. The van der Waals surface area contributed by atoms with Crippen molar-refractivity contribution in [1.29, 1.82) is 0 Å². The number of aromatic hydroxyl groups is 1. The lowest BCUT2D eigenvalue weighted by Gasteiger charge is -2.28. The molecule has 4 heteroatoms. The van der Waals surface area contributed by atoms with E-state index < -0.39 is 0 Å². The van der Waals surface area contributed by atoms with Crippen molar-refractivity contribution in [1.82, 2.24) is 5.32 Å². The van der Waals surface area contributed by atoms with Gasteiger partial charge in [-0.05, 0) is 24.5 Å². The molecule has 92 valence electrons. The molecule has 0 saturated carbocycles. The standard InChI is InChI=1S/C13H17NO3/c1-17-13(16)11-7-6-9(8-14-11)10-4-2-3-5-12(10)15/h2-5,9,11,14-15H,6-8H2,1H3/t9-,11+/m1/s1. The average Bonchev–Trinajstić information content (AvgIpc) is 2.39. The van der Waals surface area contributed by atoms with Crippen LogP contribution in [0.15, 0.2) is 24.3 Å². The summed E-state index contributed by atoms with van der Waals surface area (Å²) in [6.07, 6.45) is 1.62. The van der Waals surface area contributed by atoms with Crippen molar-refractivity contribution in [2.24, 2.45) is 0 Å². The maximum Gasteiger partial charge on any atom is 0.322 e. The molecule has 0 aromatic heterocycles. The first-order chi connectivity index (χ1) is 8.22. The van der Waals surface area contributed by atoms with E-state index in [0.717, 1.165) is 18.4 Å². The molecule has 2 rings (SSSR count). The Labute approximate surface area is 101 Å². The molecule has 0 bridgehead atoms. The third kappa shape index (κ3) is 2.58. The summed E-state index contributed by atoms with van der Waals surface area (Å²) in [5, 5.41) is 12.9. The van der Waals surface area contributed by atoms with E-state index in [2.05, 4.69) is 5.32 Å². The van der Waals surface area contributed by atoms with Gasteiger partial charge in [-0.1, -0.05) is 18.2 Å². The van der Waals surface area contributed by atoms with Crippen LogP contribution in [0, 0.1) is 0 Å². The van der Waals surface area contributed by atoms with Crippen LogP contribution in [0.3, 0.4) is 0 Å². The van der Waals surface area contributed by atoms with Crippen LogP contribution < -0.4 is 5.32 Å². The fourth-order valence-electron chi connectivity index (χ4n) is 2.30. The number of methoxy groups -OCH3 is 1. The van der Waals surface area contributed by atoms with Crippen molar-refractivity contribution < 1.29 is 14.6 Å². The second kappa shape index (κ2) is 5.19. The molecule has 17 heavy (non-hydrogen) atoms. The molecule has 0 radical (unpaired) electrons. The first kappa shape index (κ1) is 11.9. The van der Waals surface area contributed by atoms with Gasteiger partial charge in [0.25, 0.3) is 0 Å². The Morgan fingerprint density at radius 2 is 2.18 bits per heavy atom. The topological polar surface area (TPSA) is 58.6 Å². The summed E-state index contributed by atoms with van der Waals surface area (Å²) < 4.78 is 4.70. The monoisotopic (exact) mass is 235 g/mol. The van der Waals surface area contributed by atoms with Crippen molar-refractivity contribution in [3.8, 4) is 5.75 Å². The van der Waals surface area contributed by atoms with Crippen LogP contribution in [0.5, 0.6) is 5.75 Å². The molecule has 1 aliphatic rings. The van der Waals surface area contributed by atoms with Crippen molar-refractivity contribution in [3.05, 3.63) is 29.8 Å². The molecule has 0 amide bonds. The van der Waals surface area contributed by atoms with E-state index in [1.54, 1.807) is 6.07 Å². The van der Waals surface area contributed by atoms with Crippen LogP contribution in [0.4, 0.5) is 0 Å². The van der Waals surface area contributed by atoms with Crippen LogP contribution in [-0.2, 0) is 9.53 Å². The molecule has 1 fully saturated rings. The summed E-state index contributed by atoms with van der Waals surface area (Å²) in [7, 11) is 1.40. The third-order valence-electron chi connectivity index (χ3n) is 3.28. The highest BCUT2D eigenvalue weighted by Gasteiger charge is 2.27. The average molecular weight is 235 g/mol. The normalized spacial score (nSPS) is 24.3. The highest BCUT2D eigenvalue weighted by Crippen LogP contribution is 2.31. The van der Waals surface area contributed by atoms with Gasteiger partial charge in [-0.3, -0.25) is 4.79 Å². The largest absolute Gasteiger partial charge is 0.508 e. The van der Waals surface area contributed by atoms with Crippen LogP contribution in [0.2, 0.25) is 0 Å². The number of esters is 1. The Morgan fingerprint density at radius 3 is 2.76 bits per heavy atom. The van der Waals surface area contributed by atoms with E-state index >= 15 is 0 Å². The van der Waals surface area contributed by atoms with E-state index in [-0.39, 0.29) is 17.9 Å². The lowest BCUT2D eigenvalue weighted by atomic mass is 9.88. The van der Waals surface area contributed by atoms with Crippen LogP contribution in [-0.4, -0.2) is 30.8 Å². The van der Waals surface area contributed by atoms with Gasteiger partial charge in [0.15, 0.2) is 0 Å². The van der Waals surface area contributed by atoms with Gasteiger partial charge in [0.1, 0.15) is 11.8 Å². The second-order valence-electron chi connectivity index (χ2n) is 4.32. The van der Waals surface area contributed by atoms with Gasteiger partial charge in [0, 0.05) is 12.5 Å². The number of carbonyl (C=O) groups is 1. The smallest absolute Gasteiger partial charge is 0.322 e. The number of rotatable bonds is 2. The molecule has 1 saturated heterocycles. The first-order valence-corrected chi connectivity index (χ1v) is 5.81. The van der Waals surface area contributed by atoms with Crippen molar-refractivity contribution in [2.75, 3.05) is 13.7 Å². The molecule has 1 aromatic carbocycles. The number of para-hydroxylation sites is 1. The van der Waals surface area contributed by atoms with Gasteiger partial charge >= 0.3 is 5.97 Å². The molecular weight excluding hydrogens is 218 g/mol. The quantitative estimate of drug-likeness (QED) is 0.761. The van der Waals surface area contributed by atoms with Gasteiger partial charge in [-0.25, -0.2) is 0 Å². The van der Waals surface area contributed by atoms with E-state index in [4.69, 9.17) is 4.74 Å². The number of ether oxygens (including phenoxy) is 1. The minimum Gasteiger partial charge on any atom is -0.508 e. The fourth-order valence-corrected chi connectivity index (χ4v) is 2.30. The molecule has 0 aliphatic carbocycles. The zero-order chi connectivity index (χ0) is 12.3. The molecule has 1 aromatic rings. The van der Waals surface area contributed by atoms with Crippen LogP contribution >= 0.6 is 0 Å². The number of phenols is 1. The Bertz CT molecular complexity index is 397. The highest BCUT2D eigenvalue weighted by molar-refractivity contribution is 5.75. The third-order valence-corrected chi connectivity index (χ3v) is 3.28. The number of hydrogen-bond donors (Lipinski definition) is 2. The predicted octanol–water partition coefficient (Wildman–Crippen LogP) is 1.40. The number of carbonyl (C=O) groups excluding carboxylic acids is 1. The number of phenolic OH excluding ortho intramolecular Hbond substituents is 1. The summed E-state index contributed by atoms with van der Waals surface area (Å²) in [6.45, 7) is 0.692. The van der Waals surface area contributed by atoms with Gasteiger partial charge in [0.05, 0.1) is 7.11 Å². The summed E-state index contributed by atoms with van der Waals surface area (Å²) >= 11 is 0. The van der Waals surface area contributed by atoms with Crippen molar-refractivity contribution in [2.45, 2.75) is 24.8 Å². The minimum absolute atomic E-state index is 0.206. The molecule has 0 unspecified atom stereocenters. The minimum atomic E-state index is -0.208. The zero-order valence-electron chi connectivity index (χ0n) is 9.85. The maximum absolute atomic E-state index is 11.3. The maximum atomic E-state index is 11.3. The van der Waals surface area contributed by atoms with Gasteiger partial charge in [-0.15, -0.1) is 0 Å². The lowest BCUT2D eigenvalue weighted by molar-refractivity contribution is -0.143. The lowest BCUT2D eigenvalue weighted by Crippen LogP contribution is -2.43. The molecule has 2 atom stereocenters. The Hall–Kier alpha value is -1.55. The van der Waals surface area contributed by atoms with E-state index in [0.29, 0.717) is 12.3 Å². The Kier molecular flexibility index (Phi) is 3.64. The number of piperidine rings is 1. The van der Waals surface area contributed by atoms with Gasteiger partial charge in [0.2, 0.25) is 0 Å². The van der Waals surface area contributed by atoms with Gasteiger partial charge < -0.3 is 15.2 Å². The molecule has 1 aliphatic heterocycles. The summed E-state index contributed by atoms with van der Waals surface area (Å²) in [5.74, 6) is 0.383. The fraction of sp³-hybridized carbons (Fsp3) is 0.462. The summed E-state index contributed by atoms with van der Waals surface area (Å²) in [5.41, 5.74) is 0.948. The molecule has 4 nitrogen and oxygen atoms in total. The molecule has 1 heterocycles. The van der Waals surface area contributed by atoms with Crippen LogP contribution in [0.25, 0.3) is 0 Å². The predicted molar refractivity (Wildman–Crippen MR) is 63.9 cm³/mol. The van der Waals surface area contributed by atoms with Crippen molar-refractivity contribution in [3.63, 3.8) is 0 Å². The van der Waals surface area contributed by atoms with E-state index in [1.807, 2.05) is 18.2 Å². The Balaban J connectivity index is 2.00. The van der Waals surface area contributed by atoms with E-state index in [9.17, 15) is 9.90 Å². The Morgan fingerprint density at radius 1 is 1.41 bits per heavy atom. The number of hydrogen-bond acceptors (Lipinski definition) is 4. The van der Waals surface area contributed by atoms with Gasteiger partial charge in [-0.2, -0.15) is 0 Å². The zero-order valence-corrected chi connectivity index (χ0v) is 9.85. The highest BCUT2D eigenvalue weighted by atomic mass is 16.5. The van der Waals surface area contributed by atoms with E-state index in [1.165, 1.54) is 7.11 Å². The summed E-state index contributed by atoms with van der Waals surface area (Å²) in [6, 6.07) is 7.15. The first-order valence-electron chi connectivity index (χ1n) is 5.81.